The quantitative estimate of drug-likeness (QED) is 0.0317. The van der Waals surface area contributed by atoms with E-state index in [9.17, 15) is 25.2 Å². The normalized spacial score (nSPS) is 35.8. The molecule has 12 N–H and O–H groups in total. The first-order chi connectivity index (χ1) is 45.3. The molecule has 2 aromatic carbocycles. The van der Waals surface area contributed by atoms with Crippen LogP contribution in [-0.2, 0) is 27.1 Å². The minimum absolute atomic E-state index is 0.0147. The third-order valence-corrected chi connectivity index (χ3v) is 23.6. The Bertz CT molecular complexity index is 3810. The molecule has 19 heteroatoms. The molecule has 3 aromatic heterocycles. The average molecular weight is 1260 g/mol. The number of phenolic OH excluding ortho intramolecular Hbond substituents is 3. The summed E-state index contributed by atoms with van der Waals surface area (Å²) in [5, 5.41) is 69.1. The molecule has 0 radical (unpaired) electrons. The number of aromatic nitrogens is 3. The van der Waals surface area contributed by atoms with Crippen molar-refractivity contribution in [3.63, 3.8) is 0 Å². The highest BCUT2D eigenvalue weighted by Crippen LogP contribution is 2.61. The molecule has 1 spiro atoms. The monoisotopic (exact) mass is 1260 g/mol. The van der Waals surface area contributed by atoms with E-state index in [1.54, 1.807) is 24.5 Å². The van der Waals surface area contributed by atoms with Crippen molar-refractivity contribution in [3.05, 3.63) is 120 Å². The Hall–Kier alpha value is -7.81. The van der Waals surface area contributed by atoms with E-state index in [1.165, 1.54) is 18.6 Å². The number of rotatable bonds is 12. The molecule has 5 aromatic rings. The number of nitrogens with zero attached hydrogens (tertiary/aromatic N) is 3. The molecule has 15 rings (SSSR count). The summed E-state index contributed by atoms with van der Waals surface area (Å²) in [4.78, 5) is 27.0. The maximum absolute atomic E-state index is 13.7. The zero-order valence-electron chi connectivity index (χ0n) is 53.4. The predicted molar refractivity (Wildman–Crippen MR) is 352 cm³/mol. The standard InChI is InChI=1S/C74H90N10O9/c1-43(85)91-61-36-60(50-34-58(87)67(88)63(35-50)90-31-24-44-8-7-28-77-39-44)93-68-52(61)17-15-51-16-18-53-59-12-6-26-74(53)66(70(89)80-55-11-4-3-9-48(55)10-5-25-72(51,68)37-45-13-19-57(86)62(32-45)92-59)69(84-41-49-23-30-78-56(49)42-84)82-71(83-74)81-64-20-14-47-21-27-73(64,54(47)40-76-2)38-46-22-29-79-65(75)33-46/h7-8,13,19,22-23,28,30,32-35,39,41-42,47-48,51-55,59-61,64,66,68-70,76,78-80,86-89H,3-4,6,9,11-12,14-15,17,20-21,24-27,29,31,36-38,40,75H2,1-2H3,(H2,81,82,83). The first-order valence-corrected chi connectivity index (χ1v) is 34.4. The minimum Gasteiger partial charge on any atom is -0.504 e. The number of aliphatic hydroxyl groups excluding tert-OH is 1. The van der Waals surface area contributed by atoms with Gasteiger partial charge in [0.1, 0.15) is 24.6 Å². The number of H-pyrrole nitrogens is 1. The molecule has 0 amide bonds. The molecule has 6 fully saturated rings. The van der Waals surface area contributed by atoms with E-state index in [2.05, 4.69) is 102 Å². The van der Waals surface area contributed by atoms with Crippen molar-refractivity contribution < 1.29 is 44.2 Å². The smallest absolute Gasteiger partial charge is 0.302 e. The van der Waals surface area contributed by atoms with Gasteiger partial charge in [0.25, 0.3) is 0 Å². The number of pyridine rings is 1. The number of nitrogens with two attached hydrogens (primary N) is 1. The molecular formula is C74H90N10O9. The Morgan fingerprint density at radius 1 is 0.968 bits per heavy atom. The number of guanidine groups is 1. The molecule has 18 unspecified atom stereocenters. The Morgan fingerprint density at radius 3 is 2.72 bits per heavy atom. The molecule has 6 bridgehead atoms. The second-order valence-electron chi connectivity index (χ2n) is 28.7. The highest BCUT2D eigenvalue weighted by Gasteiger charge is 2.62. The third kappa shape index (κ3) is 11.4. The van der Waals surface area contributed by atoms with E-state index in [0.717, 1.165) is 92.8 Å². The Balaban J connectivity index is 0.889. The fourth-order valence-electron chi connectivity index (χ4n) is 19.3. The second kappa shape index (κ2) is 25.2. The van der Waals surface area contributed by atoms with Crippen LogP contribution in [0.1, 0.15) is 139 Å². The molecule has 1 saturated heterocycles. The summed E-state index contributed by atoms with van der Waals surface area (Å²) in [7, 11) is 2.08. The molecule has 8 heterocycles. The molecule has 19 nitrogen and oxygen atoms in total. The Labute approximate surface area is 544 Å². The number of aromatic hydroxyl groups is 3. The highest BCUT2D eigenvalue weighted by molar-refractivity contribution is 5.83. The number of fused-ring (bicyclic) bond motifs is 7. The number of aliphatic imine (C=N–C) groups is 1. The zero-order valence-corrected chi connectivity index (χ0v) is 53.4. The summed E-state index contributed by atoms with van der Waals surface area (Å²) in [5.41, 5.74) is 9.18. The molecule has 490 valence electrons. The SMILES string of the molecule is CNCC1C2CCC(NC3=NC(n4cc5cc[nH]c5c4)C4C(O)NC5CCCCC5C#CCC56Cc7ccc(O)c(c7)OC7CCCC4(N3)C7C#CC5CCC3C(OC(C)=O)CC(c4cc(O)c(O)c(OCCc5cccnc5)c4)OC36)C1(CC1=CCNC(N)=C1)CC2. The minimum atomic E-state index is -1.09. The summed E-state index contributed by atoms with van der Waals surface area (Å²) >= 11 is 0. The van der Waals surface area contributed by atoms with Crippen molar-refractivity contribution in [1.29, 1.82) is 0 Å². The number of phenols is 3. The Morgan fingerprint density at radius 2 is 1.87 bits per heavy atom. The number of hydrogen-bond acceptors (Lipinski definition) is 17. The van der Waals surface area contributed by atoms with Crippen molar-refractivity contribution in [2.45, 2.75) is 177 Å². The van der Waals surface area contributed by atoms with Crippen LogP contribution < -0.4 is 41.8 Å². The average Bonchev–Trinajstić information content (AvgIpc) is 1.57. The topological polar surface area (TPSA) is 267 Å². The molecule has 93 heavy (non-hydrogen) atoms. The number of carbonyl (C=O) groups excluding carboxylic acids is 1. The van der Waals surface area contributed by atoms with E-state index in [0.29, 0.717) is 92.8 Å². The first kappa shape index (κ1) is 61.4. The van der Waals surface area contributed by atoms with E-state index in [4.69, 9.17) is 29.7 Å². The lowest BCUT2D eigenvalue weighted by molar-refractivity contribution is -0.219. The van der Waals surface area contributed by atoms with Crippen LogP contribution in [0.4, 0.5) is 0 Å². The maximum atomic E-state index is 13.7. The third-order valence-electron chi connectivity index (χ3n) is 23.6. The van der Waals surface area contributed by atoms with Crippen LogP contribution in [-0.4, -0.2) is 116 Å². The van der Waals surface area contributed by atoms with Crippen molar-refractivity contribution in [2.24, 2.45) is 63.0 Å². The van der Waals surface area contributed by atoms with Gasteiger partial charge in [0.2, 0.25) is 5.75 Å². The van der Waals surface area contributed by atoms with Crippen molar-refractivity contribution in [3.8, 4) is 52.4 Å². The van der Waals surface area contributed by atoms with Gasteiger partial charge in [-0.2, -0.15) is 0 Å². The van der Waals surface area contributed by atoms with Crippen LogP contribution >= 0.6 is 0 Å². The summed E-state index contributed by atoms with van der Waals surface area (Å²) in [6, 6.07) is 14.7. The molecular weight excluding hydrogens is 1170 g/mol. The van der Waals surface area contributed by atoms with E-state index in [1.807, 2.05) is 30.5 Å². The first-order valence-electron chi connectivity index (χ1n) is 34.4. The molecule has 18 atom stereocenters. The largest absolute Gasteiger partial charge is 0.504 e. The van der Waals surface area contributed by atoms with Gasteiger partial charge < -0.3 is 75.9 Å². The van der Waals surface area contributed by atoms with E-state index in [-0.39, 0.29) is 64.9 Å². The van der Waals surface area contributed by atoms with Gasteiger partial charge in [0.15, 0.2) is 29.0 Å². The van der Waals surface area contributed by atoms with E-state index >= 15 is 0 Å². The number of ether oxygens (including phenoxy) is 4. The van der Waals surface area contributed by atoms with Crippen molar-refractivity contribution >= 4 is 22.8 Å². The van der Waals surface area contributed by atoms with Gasteiger partial charge >= 0.3 is 5.97 Å². The molecule has 5 saturated carbocycles. The summed E-state index contributed by atoms with van der Waals surface area (Å²) in [6.45, 7) is 3.26. The van der Waals surface area contributed by atoms with E-state index < -0.39 is 65.6 Å². The van der Waals surface area contributed by atoms with Gasteiger partial charge in [-0.25, -0.2) is 4.99 Å². The number of carbonyl (C=O) groups is 1. The summed E-state index contributed by atoms with van der Waals surface area (Å²) in [6.07, 6.45) is 23.7. The molecule has 10 aliphatic rings. The van der Waals surface area contributed by atoms with Gasteiger partial charge in [-0.05, 0) is 179 Å². The summed E-state index contributed by atoms with van der Waals surface area (Å²) in [5.74, 6) is 15.6. The number of benzene rings is 2. The van der Waals surface area contributed by atoms with Crippen molar-refractivity contribution in [1.82, 2.24) is 41.1 Å². The van der Waals surface area contributed by atoms with Gasteiger partial charge in [0, 0.05) is 104 Å². The van der Waals surface area contributed by atoms with Crippen LogP contribution in [0.5, 0.6) is 28.7 Å². The zero-order chi connectivity index (χ0) is 63.6. The van der Waals surface area contributed by atoms with Crippen LogP contribution in [0.3, 0.4) is 0 Å². The summed E-state index contributed by atoms with van der Waals surface area (Å²) < 4.78 is 30.0. The number of allylic oxidation sites excluding steroid dienone is 2. The second-order valence-corrected chi connectivity index (χ2v) is 28.7. The predicted octanol–water partition coefficient (Wildman–Crippen LogP) is 8.77. The van der Waals surface area contributed by atoms with Gasteiger partial charge in [-0.15, -0.1) is 5.92 Å². The fraction of sp³-hybridized carbons (Fsp3) is 0.554. The van der Waals surface area contributed by atoms with Crippen molar-refractivity contribution in [2.75, 3.05) is 26.7 Å². The molecule has 5 aliphatic carbocycles. The number of nitrogens with one attached hydrogen (secondary N) is 6. The van der Waals surface area contributed by atoms with Crippen LogP contribution in [0.25, 0.3) is 10.9 Å². The van der Waals surface area contributed by atoms with Crippen LogP contribution in [0.2, 0.25) is 0 Å². The maximum Gasteiger partial charge on any atom is 0.302 e. The lowest BCUT2D eigenvalue weighted by Crippen LogP contribution is -2.73. The lowest BCUT2D eigenvalue weighted by atomic mass is 9.55. The van der Waals surface area contributed by atoms with Gasteiger partial charge in [-0.1, -0.05) is 48.8 Å². The van der Waals surface area contributed by atoms with Gasteiger partial charge in [-0.3, -0.25) is 15.1 Å². The van der Waals surface area contributed by atoms with Gasteiger partial charge in [0.05, 0.1) is 47.5 Å². The molecule has 5 aliphatic heterocycles. The number of esters is 1. The lowest BCUT2D eigenvalue weighted by Gasteiger charge is -2.57. The van der Waals surface area contributed by atoms with Crippen LogP contribution in [0.15, 0.2) is 108 Å². The number of dihydropyridines is 1. The number of aliphatic hydroxyl groups is 1. The number of hydrogen-bond donors (Lipinski definition) is 11. The fourth-order valence-corrected chi connectivity index (χ4v) is 19.3. The number of aromatic amines is 1. The van der Waals surface area contributed by atoms with Crippen LogP contribution in [0, 0.1) is 75.9 Å². The Kier molecular flexibility index (Phi) is 16.6. The highest BCUT2D eigenvalue weighted by atomic mass is 16.6.